The lowest BCUT2D eigenvalue weighted by atomic mass is 9.78. The van der Waals surface area contributed by atoms with E-state index in [0.29, 0.717) is 20.1 Å². The Morgan fingerprint density at radius 2 is 1.13 bits per heavy atom. The normalized spacial score (nSPS) is 26.3. The van der Waals surface area contributed by atoms with Gasteiger partial charge in [-0.25, -0.2) is 0 Å². The van der Waals surface area contributed by atoms with E-state index in [0.717, 1.165) is 24.0 Å². The zero-order valence-electron chi connectivity index (χ0n) is 12.9. The molecule has 1 nitrogen and oxygen atoms in total. The fourth-order valence-electron chi connectivity index (χ4n) is 3.76. The molecule has 0 saturated carbocycles. The second-order valence-electron chi connectivity index (χ2n) is 5.89. The van der Waals surface area contributed by atoms with Gasteiger partial charge in [0.25, 0.3) is 0 Å². The first kappa shape index (κ1) is 17.4. The number of hydrogen-bond acceptors (Lipinski definition) is 1. The molecule has 122 valence electrons. The minimum Gasteiger partial charge on any atom is -0.294 e. The van der Waals surface area contributed by atoms with Crippen molar-refractivity contribution in [3.63, 3.8) is 0 Å². The molecule has 1 N–H and O–H groups in total. The van der Waals surface area contributed by atoms with E-state index in [1.807, 2.05) is 24.3 Å². The number of benzene rings is 2. The summed E-state index contributed by atoms with van der Waals surface area (Å²) in [7, 11) is 0. The predicted octanol–water partition coefficient (Wildman–Crippen LogP) is 6.81. The number of nitrogens with one attached hydrogen (secondary N) is 1. The van der Waals surface area contributed by atoms with Crippen molar-refractivity contribution in [2.75, 3.05) is 0 Å². The van der Waals surface area contributed by atoms with Gasteiger partial charge in [0.15, 0.2) is 0 Å². The summed E-state index contributed by atoms with van der Waals surface area (Å²) in [5, 5.41) is 6.31. The minimum atomic E-state index is -0.249. The Hall–Kier alpha value is -0.440. The summed E-state index contributed by atoms with van der Waals surface area (Å²) in [4.78, 5) is 0. The highest BCUT2D eigenvalue weighted by Gasteiger charge is 2.67. The maximum Gasteiger partial charge on any atom is 0.0681 e. The van der Waals surface area contributed by atoms with Crippen LogP contribution in [-0.4, -0.2) is 0 Å². The molecule has 1 aliphatic rings. The first-order valence-electron chi connectivity index (χ1n) is 7.60. The monoisotopic (exact) mass is 387 g/mol. The van der Waals surface area contributed by atoms with Gasteiger partial charge in [-0.3, -0.25) is 5.32 Å². The summed E-state index contributed by atoms with van der Waals surface area (Å²) >= 11 is 25.1. The minimum absolute atomic E-state index is 0.249. The quantitative estimate of drug-likeness (QED) is 0.570. The number of hydrogen-bond donors (Lipinski definition) is 1. The van der Waals surface area contributed by atoms with E-state index in [2.05, 4.69) is 19.2 Å². The first-order chi connectivity index (χ1) is 10.9. The van der Waals surface area contributed by atoms with Crippen molar-refractivity contribution in [3.8, 4) is 0 Å². The molecule has 2 atom stereocenters. The van der Waals surface area contributed by atoms with Crippen molar-refractivity contribution in [3.05, 3.63) is 67.6 Å². The second-order valence-corrected chi connectivity index (χ2v) is 7.58. The van der Waals surface area contributed by atoms with Crippen LogP contribution >= 0.6 is 46.4 Å². The third-order valence-corrected chi connectivity index (χ3v) is 6.03. The van der Waals surface area contributed by atoms with E-state index in [4.69, 9.17) is 46.4 Å². The van der Waals surface area contributed by atoms with Crippen LogP contribution in [0, 0.1) is 0 Å². The molecule has 3 rings (SSSR count). The average Bonchev–Trinajstić information content (AvgIpc) is 3.17. The van der Waals surface area contributed by atoms with Crippen molar-refractivity contribution in [1.82, 2.24) is 5.32 Å². The van der Waals surface area contributed by atoms with Gasteiger partial charge in [-0.15, -0.1) is 0 Å². The van der Waals surface area contributed by atoms with Crippen LogP contribution in [0.5, 0.6) is 0 Å². The van der Waals surface area contributed by atoms with Crippen LogP contribution in [0.25, 0.3) is 0 Å². The van der Waals surface area contributed by atoms with Crippen molar-refractivity contribution in [2.45, 2.75) is 37.8 Å². The van der Waals surface area contributed by atoms with Crippen LogP contribution in [-0.2, 0) is 11.1 Å². The lowest BCUT2D eigenvalue weighted by Crippen LogP contribution is -2.22. The summed E-state index contributed by atoms with van der Waals surface area (Å²) in [6.45, 7) is 4.30. The molecule has 0 spiro atoms. The van der Waals surface area contributed by atoms with Crippen LogP contribution in [0.15, 0.2) is 36.4 Å². The molecule has 2 unspecified atom stereocenters. The van der Waals surface area contributed by atoms with Gasteiger partial charge >= 0.3 is 0 Å². The maximum atomic E-state index is 6.49. The second kappa shape index (κ2) is 6.13. The number of halogens is 4. The Morgan fingerprint density at radius 3 is 1.43 bits per heavy atom. The maximum absolute atomic E-state index is 6.49. The summed E-state index contributed by atoms with van der Waals surface area (Å²) in [5.41, 5.74) is 1.61. The van der Waals surface area contributed by atoms with Crippen molar-refractivity contribution < 1.29 is 0 Å². The Bertz CT molecular complexity index is 697. The molecule has 1 aliphatic heterocycles. The lowest BCUT2D eigenvalue weighted by Gasteiger charge is -2.24. The molecular weight excluding hydrogens is 372 g/mol. The van der Waals surface area contributed by atoms with E-state index in [1.165, 1.54) is 0 Å². The fraction of sp³-hybridized carbons (Fsp3) is 0.333. The summed E-state index contributed by atoms with van der Waals surface area (Å²) < 4.78 is 0. The molecule has 0 bridgehead atoms. The zero-order valence-corrected chi connectivity index (χ0v) is 15.9. The van der Waals surface area contributed by atoms with Gasteiger partial charge in [-0.05, 0) is 48.2 Å². The molecule has 5 heteroatoms. The summed E-state index contributed by atoms with van der Waals surface area (Å²) in [6.07, 6.45) is 1.78. The molecule has 0 amide bonds. The van der Waals surface area contributed by atoms with Gasteiger partial charge in [-0.1, -0.05) is 72.4 Å². The van der Waals surface area contributed by atoms with Crippen LogP contribution in [0.2, 0.25) is 20.1 Å². The highest BCUT2D eigenvalue weighted by atomic mass is 35.5. The van der Waals surface area contributed by atoms with Crippen LogP contribution < -0.4 is 5.32 Å². The van der Waals surface area contributed by atoms with Gasteiger partial charge in [0.1, 0.15) is 0 Å². The van der Waals surface area contributed by atoms with E-state index < -0.39 is 0 Å². The fourth-order valence-corrected chi connectivity index (χ4v) is 4.90. The zero-order chi connectivity index (χ0) is 16.8. The first-order valence-corrected chi connectivity index (χ1v) is 9.12. The Kier molecular flexibility index (Phi) is 4.63. The third-order valence-electron chi connectivity index (χ3n) is 4.94. The van der Waals surface area contributed by atoms with Crippen molar-refractivity contribution in [1.29, 1.82) is 0 Å². The topological polar surface area (TPSA) is 21.9 Å². The molecule has 1 saturated heterocycles. The van der Waals surface area contributed by atoms with E-state index in [9.17, 15) is 0 Å². The molecular formula is C18H17Cl4N. The highest BCUT2D eigenvalue weighted by Crippen LogP contribution is 2.61. The molecule has 1 heterocycles. The van der Waals surface area contributed by atoms with Gasteiger partial charge in [-0.2, -0.15) is 0 Å². The van der Waals surface area contributed by atoms with Crippen LogP contribution in [0.4, 0.5) is 0 Å². The Balaban J connectivity index is 2.15. The van der Waals surface area contributed by atoms with Crippen molar-refractivity contribution in [2.24, 2.45) is 0 Å². The van der Waals surface area contributed by atoms with Gasteiger partial charge < -0.3 is 0 Å². The molecule has 0 aliphatic carbocycles. The largest absolute Gasteiger partial charge is 0.294 e. The van der Waals surface area contributed by atoms with Gasteiger partial charge in [0, 0.05) is 20.1 Å². The molecule has 0 aromatic heterocycles. The standard InChI is InChI=1S/C18H17Cl4N/c1-3-17(13-7-5-11(19)9-15(13)21)18(4-2,23-17)14-8-6-12(20)10-16(14)22/h5-10,23H,3-4H2,1-2H3. The van der Waals surface area contributed by atoms with Crippen molar-refractivity contribution >= 4 is 46.4 Å². The third kappa shape index (κ3) is 2.58. The molecule has 2 aromatic rings. The Labute approximate surface area is 156 Å². The molecule has 23 heavy (non-hydrogen) atoms. The summed E-state index contributed by atoms with van der Waals surface area (Å²) in [6, 6.07) is 11.3. The van der Waals surface area contributed by atoms with Crippen LogP contribution in [0.1, 0.15) is 37.8 Å². The van der Waals surface area contributed by atoms with Crippen LogP contribution in [0.3, 0.4) is 0 Å². The number of rotatable bonds is 4. The summed E-state index contributed by atoms with van der Waals surface area (Å²) in [5.74, 6) is 0. The SMILES string of the molecule is CCC1(c2ccc(Cl)cc2Cl)NC1(CC)c1ccc(Cl)cc1Cl. The average molecular weight is 389 g/mol. The Morgan fingerprint density at radius 1 is 0.739 bits per heavy atom. The smallest absolute Gasteiger partial charge is 0.0681 e. The molecule has 0 radical (unpaired) electrons. The van der Waals surface area contributed by atoms with Gasteiger partial charge in [0.05, 0.1) is 11.1 Å². The van der Waals surface area contributed by atoms with E-state index in [-0.39, 0.29) is 11.1 Å². The van der Waals surface area contributed by atoms with E-state index in [1.54, 1.807) is 12.1 Å². The molecule has 1 fully saturated rings. The molecule has 2 aromatic carbocycles. The lowest BCUT2D eigenvalue weighted by molar-refractivity contribution is 0.507. The predicted molar refractivity (Wildman–Crippen MR) is 100.0 cm³/mol. The van der Waals surface area contributed by atoms with E-state index >= 15 is 0 Å². The van der Waals surface area contributed by atoms with Gasteiger partial charge in [0.2, 0.25) is 0 Å². The highest BCUT2D eigenvalue weighted by molar-refractivity contribution is 6.36.